The molecule has 0 radical (unpaired) electrons. The van der Waals surface area contributed by atoms with Gasteiger partial charge in [0, 0.05) is 5.41 Å². The van der Waals surface area contributed by atoms with Gasteiger partial charge >= 0.3 is 6.36 Å². The van der Waals surface area contributed by atoms with Gasteiger partial charge in [-0.1, -0.05) is 17.9 Å². The molecule has 0 unspecified atom stereocenters. The lowest BCUT2D eigenvalue weighted by Crippen LogP contribution is -2.18. The van der Waals surface area contributed by atoms with Gasteiger partial charge in [0.1, 0.15) is 0 Å². The zero-order valence-electron chi connectivity index (χ0n) is 10.2. The van der Waals surface area contributed by atoms with E-state index < -0.39 is 17.9 Å². The molecule has 0 N–H and O–H groups in total. The summed E-state index contributed by atoms with van der Waals surface area (Å²) in [4.78, 5) is 0. The summed E-state index contributed by atoms with van der Waals surface area (Å²) >= 11 is 0. The van der Waals surface area contributed by atoms with Gasteiger partial charge in [-0.25, -0.2) is 4.39 Å². The van der Waals surface area contributed by atoms with Gasteiger partial charge in [-0.2, -0.15) is 0 Å². The van der Waals surface area contributed by atoms with E-state index in [0.717, 1.165) is 6.07 Å². The molecule has 0 amide bonds. The van der Waals surface area contributed by atoms with Crippen molar-refractivity contribution in [2.75, 3.05) is 0 Å². The van der Waals surface area contributed by atoms with Gasteiger partial charge in [0.2, 0.25) is 0 Å². The van der Waals surface area contributed by atoms with Crippen molar-refractivity contribution in [2.45, 2.75) is 27.1 Å². The highest BCUT2D eigenvalue weighted by Crippen LogP contribution is 2.27. The van der Waals surface area contributed by atoms with E-state index in [9.17, 15) is 17.6 Å². The van der Waals surface area contributed by atoms with E-state index >= 15 is 0 Å². The molecular formula is C13H12F4O. The van der Waals surface area contributed by atoms with Gasteiger partial charge in [-0.3, -0.25) is 0 Å². The average Bonchev–Trinajstić information content (AvgIpc) is 2.16. The summed E-state index contributed by atoms with van der Waals surface area (Å²) in [6.07, 6.45) is -4.92. The van der Waals surface area contributed by atoms with Gasteiger partial charge in [-0.15, -0.1) is 13.2 Å². The topological polar surface area (TPSA) is 9.23 Å². The standard InChI is InChI=1S/C13H12F4O/c1-12(2,3)8-7-9-5-4-6-10(11(9)14)18-13(15,16)17/h4-6H,1-3H3. The molecule has 0 aliphatic rings. The zero-order valence-corrected chi connectivity index (χ0v) is 10.2. The highest BCUT2D eigenvalue weighted by atomic mass is 19.4. The zero-order chi connectivity index (χ0) is 14.0. The third kappa shape index (κ3) is 4.66. The lowest BCUT2D eigenvalue weighted by molar-refractivity contribution is -0.275. The number of rotatable bonds is 1. The Morgan fingerprint density at radius 2 is 1.72 bits per heavy atom. The predicted molar refractivity (Wildman–Crippen MR) is 59.4 cm³/mol. The molecule has 0 saturated heterocycles. The maximum Gasteiger partial charge on any atom is 0.573 e. The second-order valence-corrected chi connectivity index (χ2v) is 4.67. The molecule has 0 fully saturated rings. The maximum absolute atomic E-state index is 13.7. The number of ether oxygens (including phenoxy) is 1. The van der Waals surface area contributed by atoms with E-state index in [4.69, 9.17) is 0 Å². The summed E-state index contributed by atoms with van der Waals surface area (Å²) in [6, 6.07) is 3.47. The van der Waals surface area contributed by atoms with Crippen molar-refractivity contribution in [3.05, 3.63) is 29.6 Å². The fourth-order valence-electron chi connectivity index (χ4n) is 1.07. The molecule has 1 aromatic rings. The summed E-state index contributed by atoms with van der Waals surface area (Å²) < 4.78 is 53.2. The fourth-order valence-corrected chi connectivity index (χ4v) is 1.07. The third-order valence-electron chi connectivity index (χ3n) is 1.76. The molecule has 1 aromatic carbocycles. The van der Waals surface area contributed by atoms with Crippen LogP contribution in [0.5, 0.6) is 5.75 Å². The molecule has 0 aromatic heterocycles. The minimum atomic E-state index is -4.92. The van der Waals surface area contributed by atoms with Crippen LogP contribution >= 0.6 is 0 Å². The number of halogens is 4. The first kappa shape index (κ1) is 14.4. The van der Waals surface area contributed by atoms with Gasteiger partial charge < -0.3 is 4.74 Å². The minimum absolute atomic E-state index is 0.119. The molecule has 0 bridgehead atoms. The molecule has 0 saturated carbocycles. The van der Waals surface area contributed by atoms with Crippen molar-refractivity contribution >= 4 is 0 Å². The molecule has 0 aliphatic heterocycles. The van der Waals surface area contributed by atoms with Gasteiger partial charge in [0.25, 0.3) is 0 Å². The Hall–Kier alpha value is -1.70. The van der Waals surface area contributed by atoms with Crippen LogP contribution in [0.25, 0.3) is 0 Å². The van der Waals surface area contributed by atoms with Crippen LogP contribution in [0.4, 0.5) is 17.6 Å². The molecule has 0 aliphatic carbocycles. The van der Waals surface area contributed by atoms with Crippen molar-refractivity contribution in [2.24, 2.45) is 5.41 Å². The van der Waals surface area contributed by atoms with Crippen molar-refractivity contribution in [3.63, 3.8) is 0 Å². The molecule has 0 atom stereocenters. The molecule has 98 valence electrons. The van der Waals surface area contributed by atoms with Crippen LogP contribution in [0, 0.1) is 23.1 Å². The quantitative estimate of drug-likeness (QED) is 0.545. The highest BCUT2D eigenvalue weighted by Gasteiger charge is 2.32. The fraction of sp³-hybridized carbons (Fsp3) is 0.385. The Bertz CT molecular complexity index is 486. The van der Waals surface area contributed by atoms with Crippen molar-refractivity contribution < 1.29 is 22.3 Å². The van der Waals surface area contributed by atoms with Crippen LogP contribution in [0.1, 0.15) is 26.3 Å². The highest BCUT2D eigenvalue weighted by molar-refractivity contribution is 5.42. The Morgan fingerprint density at radius 1 is 1.11 bits per heavy atom. The van der Waals surface area contributed by atoms with Gasteiger partial charge in [0.15, 0.2) is 11.6 Å². The lowest BCUT2D eigenvalue weighted by atomic mass is 9.97. The van der Waals surface area contributed by atoms with E-state index in [1.807, 2.05) is 20.8 Å². The van der Waals surface area contributed by atoms with Crippen molar-refractivity contribution in [1.29, 1.82) is 0 Å². The second-order valence-electron chi connectivity index (χ2n) is 4.67. The first-order valence-corrected chi connectivity index (χ1v) is 5.16. The number of alkyl halides is 3. The van der Waals surface area contributed by atoms with E-state index in [1.165, 1.54) is 12.1 Å². The largest absolute Gasteiger partial charge is 0.573 e. The van der Waals surface area contributed by atoms with Crippen molar-refractivity contribution in [1.82, 2.24) is 0 Å². The summed E-state index contributed by atoms with van der Waals surface area (Å²) in [6.45, 7) is 5.44. The molecule has 1 nitrogen and oxygen atoms in total. The third-order valence-corrected chi connectivity index (χ3v) is 1.76. The van der Waals surface area contributed by atoms with Gasteiger partial charge in [-0.05, 0) is 32.9 Å². The Balaban J connectivity index is 3.09. The normalized spacial score (nSPS) is 11.7. The maximum atomic E-state index is 13.7. The van der Waals surface area contributed by atoms with E-state index in [1.54, 1.807) is 0 Å². The second kappa shape index (κ2) is 4.89. The minimum Gasteiger partial charge on any atom is -0.403 e. The van der Waals surface area contributed by atoms with Crippen LogP contribution in [-0.2, 0) is 0 Å². The summed E-state index contributed by atoms with van der Waals surface area (Å²) in [5.74, 6) is 3.27. The molecular weight excluding hydrogens is 248 g/mol. The molecule has 18 heavy (non-hydrogen) atoms. The molecule has 0 spiro atoms. The number of hydrogen-bond acceptors (Lipinski definition) is 1. The van der Waals surface area contributed by atoms with Gasteiger partial charge in [0.05, 0.1) is 5.56 Å². The van der Waals surface area contributed by atoms with Crippen LogP contribution in [0.15, 0.2) is 18.2 Å². The SMILES string of the molecule is CC(C)(C)C#Cc1cccc(OC(F)(F)F)c1F. The van der Waals surface area contributed by atoms with Crippen LogP contribution in [-0.4, -0.2) is 6.36 Å². The predicted octanol–water partition coefficient (Wildman–Crippen LogP) is 4.12. The summed E-state index contributed by atoms with van der Waals surface area (Å²) in [5.41, 5.74) is -0.487. The first-order valence-electron chi connectivity index (χ1n) is 5.16. The smallest absolute Gasteiger partial charge is 0.403 e. The number of hydrogen-bond donors (Lipinski definition) is 0. The van der Waals surface area contributed by atoms with E-state index in [-0.39, 0.29) is 11.0 Å². The molecule has 1 rings (SSSR count). The average molecular weight is 260 g/mol. The first-order chi connectivity index (χ1) is 8.08. The Morgan fingerprint density at radius 3 is 2.22 bits per heavy atom. The Kier molecular flexibility index (Phi) is 3.90. The van der Waals surface area contributed by atoms with Crippen LogP contribution in [0.3, 0.4) is 0 Å². The van der Waals surface area contributed by atoms with E-state index in [0.29, 0.717) is 0 Å². The van der Waals surface area contributed by atoms with Crippen LogP contribution in [0.2, 0.25) is 0 Å². The monoisotopic (exact) mass is 260 g/mol. The Labute approximate surface area is 103 Å². The summed E-state index contributed by atoms with van der Waals surface area (Å²) in [5, 5.41) is 0. The van der Waals surface area contributed by atoms with E-state index in [2.05, 4.69) is 16.6 Å². The molecule has 0 heterocycles. The molecule has 5 heteroatoms. The summed E-state index contributed by atoms with van der Waals surface area (Å²) in [7, 11) is 0. The lowest BCUT2D eigenvalue weighted by Gasteiger charge is -2.10. The van der Waals surface area contributed by atoms with Crippen molar-refractivity contribution in [3.8, 4) is 17.6 Å². The number of benzene rings is 1. The van der Waals surface area contributed by atoms with Crippen LogP contribution < -0.4 is 4.74 Å².